The summed E-state index contributed by atoms with van der Waals surface area (Å²) in [4.78, 5) is 2.45. The number of nitrogens with zero attached hydrogens (tertiary/aromatic N) is 1. The van der Waals surface area contributed by atoms with Crippen LogP contribution in [0, 0.1) is 0 Å². The predicted molar refractivity (Wildman–Crippen MR) is 79.1 cm³/mol. The SMILES string of the molecule is CCCCN(CCO)C1CCNCc2ccccc21. The van der Waals surface area contributed by atoms with E-state index in [0.29, 0.717) is 6.04 Å². The molecule has 2 rings (SSSR count). The number of unbranched alkanes of at least 4 members (excludes halogenated alkanes) is 1. The quantitative estimate of drug-likeness (QED) is 0.826. The van der Waals surface area contributed by atoms with Crippen LogP contribution in [0.25, 0.3) is 0 Å². The normalized spacial score (nSPS) is 19.2. The topological polar surface area (TPSA) is 35.5 Å². The van der Waals surface area contributed by atoms with Gasteiger partial charge in [0.2, 0.25) is 0 Å². The minimum absolute atomic E-state index is 0.246. The number of fused-ring (bicyclic) bond motifs is 1. The van der Waals surface area contributed by atoms with Gasteiger partial charge in [-0.2, -0.15) is 0 Å². The molecule has 0 aromatic heterocycles. The summed E-state index contributed by atoms with van der Waals surface area (Å²) in [6, 6.07) is 9.17. The Labute approximate surface area is 116 Å². The first-order valence-corrected chi connectivity index (χ1v) is 7.50. The molecule has 0 amide bonds. The fourth-order valence-electron chi connectivity index (χ4n) is 2.93. The van der Waals surface area contributed by atoms with Crippen LogP contribution in [0.15, 0.2) is 24.3 Å². The van der Waals surface area contributed by atoms with E-state index in [-0.39, 0.29) is 6.61 Å². The summed E-state index contributed by atoms with van der Waals surface area (Å²) in [6.07, 6.45) is 3.53. The second-order valence-electron chi connectivity index (χ2n) is 5.29. The maximum Gasteiger partial charge on any atom is 0.0558 e. The van der Waals surface area contributed by atoms with E-state index in [4.69, 9.17) is 0 Å². The van der Waals surface area contributed by atoms with Crippen LogP contribution in [0.2, 0.25) is 0 Å². The van der Waals surface area contributed by atoms with E-state index in [1.54, 1.807) is 0 Å². The third-order valence-electron chi connectivity index (χ3n) is 3.95. The average Bonchev–Trinajstić information content (AvgIpc) is 2.66. The number of rotatable bonds is 6. The summed E-state index contributed by atoms with van der Waals surface area (Å²) in [6.45, 7) is 6.34. The van der Waals surface area contributed by atoms with Crippen molar-refractivity contribution in [2.45, 2.75) is 38.8 Å². The Hall–Kier alpha value is -0.900. The van der Waals surface area contributed by atoms with Gasteiger partial charge in [-0.15, -0.1) is 0 Å². The molecule has 1 aliphatic rings. The van der Waals surface area contributed by atoms with Gasteiger partial charge in [0.15, 0.2) is 0 Å². The molecule has 0 fully saturated rings. The van der Waals surface area contributed by atoms with E-state index in [2.05, 4.69) is 41.4 Å². The van der Waals surface area contributed by atoms with Crippen LogP contribution in [0.1, 0.15) is 43.4 Å². The summed E-state index contributed by atoms with van der Waals surface area (Å²) < 4.78 is 0. The zero-order valence-corrected chi connectivity index (χ0v) is 11.9. The molecule has 0 saturated heterocycles. The largest absolute Gasteiger partial charge is 0.395 e. The molecule has 0 saturated carbocycles. The van der Waals surface area contributed by atoms with Crippen LogP contribution in [0.3, 0.4) is 0 Å². The molecule has 0 radical (unpaired) electrons. The van der Waals surface area contributed by atoms with Gasteiger partial charge in [0.25, 0.3) is 0 Å². The van der Waals surface area contributed by atoms with E-state index in [1.165, 1.54) is 24.0 Å². The predicted octanol–water partition coefficient (Wildman–Crippen LogP) is 2.32. The molecule has 3 nitrogen and oxygen atoms in total. The fraction of sp³-hybridized carbons (Fsp3) is 0.625. The first-order chi connectivity index (χ1) is 9.36. The fourth-order valence-corrected chi connectivity index (χ4v) is 2.93. The van der Waals surface area contributed by atoms with E-state index < -0.39 is 0 Å². The Balaban J connectivity index is 2.20. The molecule has 106 valence electrons. The van der Waals surface area contributed by atoms with Crippen molar-refractivity contribution in [1.29, 1.82) is 0 Å². The Morgan fingerprint density at radius 2 is 2.16 bits per heavy atom. The van der Waals surface area contributed by atoms with Crippen LogP contribution in [0.4, 0.5) is 0 Å². The highest BCUT2D eigenvalue weighted by Gasteiger charge is 2.23. The van der Waals surface area contributed by atoms with Crippen molar-refractivity contribution in [2.24, 2.45) is 0 Å². The number of hydrogen-bond acceptors (Lipinski definition) is 3. The summed E-state index contributed by atoms with van der Waals surface area (Å²) in [5.41, 5.74) is 2.85. The molecule has 1 aromatic rings. The molecule has 0 aliphatic carbocycles. The van der Waals surface area contributed by atoms with Crippen molar-refractivity contribution in [3.63, 3.8) is 0 Å². The van der Waals surface area contributed by atoms with Gasteiger partial charge in [-0.3, -0.25) is 4.90 Å². The highest BCUT2D eigenvalue weighted by Crippen LogP contribution is 2.29. The van der Waals surface area contributed by atoms with Crippen molar-refractivity contribution in [1.82, 2.24) is 10.2 Å². The van der Waals surface area contributed by atoms with Gasteiger partial charge < -0.3 is 10.4 Å². The van der Waals surface area contributed by atoms with Crippen molar-refractivity contribution < 1.29 is 5.11 Å². The third-order valence-corrected chi connectivity index (χ3v) is 3.95. The zero-order chi connectivity index (χ0) is 13.5. The lowest BCUT2D eigenvalue weighted by Gasteiger charge is -2.31. The van der Waals surface area contributed by atoms with Gasteiger partial charge in [-0.05, 0) is 37.1 Å². The Morgan fingerprint density at radius 1 is 1.32 bits per heavy atom. The van der Waals surface area contributed by atoms with Crippen LogP contribution in [-0.2, 0) is 6.54 Å². The van der Waals surface area contributed by atoms with Gasteiger partial charge in [0.1, 0.15) is 0 Å². The highest BCUT2D eigenvalue weighted by molar-refractivity contribution is 5.31. The summed E-state index contributed by atoms with van der Waals surface area (Å²) in [5.74, 6) is 0. The van der Waals surface area contributed by atoms with E-state index >= 15 is 0 Å². The molecule has 1 unspecified atom stereocenters. The van der Waals surface area contributed by atoms with Crippen molar-refractivity contribution in [3.05, 3.63) is 35.4 Å². The molecule has 1 heterocycles. The Bertz CT molecular complexity index is 381. The molecule has 3 heteroatoms. The number of benzene rings is 1. The smallest absolute Gasteiger partial charge is 0.0558 e. The summed E-state index contributed by atoms with van der Waals surface area (Å²) in [7, 11) is 0. The molecule has 19 heavy (non-hydrogen) atoms. The van der Waals surface area contributed by atoms with Crippen LogP contribution >= 0.6 is 0 Å². The minimum atomic E-state index is 0.246. The van der Waals surface area contributed by atoms with Crippen molar-refractivity contribution >= 4 is 0 Å². The Kier molecular flexibility index (Phi) is 5.83. The molecular formula is C16H26N2O. The molecule has 1 aliphatic heterocycles. The van der Waals surface area contributed by atoms with E-state index in [0.717, 1.165) is 32.6 Å². The van der Waals surface area contributed by atoms with Gasteiger partial charge in [0, 0.05) is 19.1 Å². The zero-order valence-electron chi connectivity index (χ0n) is 11.9. The van der Waals surface area contributed by atoms with E-state index in [9.17, 15) is 5.11 Å². The minimum Gasteiger partial charge on any atom is -0.395 e. The summed E-state index contributed by atoms with van der Waals surface area (Å²) in [5, 5.41) is 12.8. The monoisotopic (exact) mass is 262 g/mol. The molecule has 1 atom stereocenters. The van der Waals surface area contributed by atoms with Crippen LogP contribution in [-0.4, -0.2) is 36.2 Å². The lowest BCUT2D eigenvalue weighted by molar-refractivity contribution is 0.143. The second kappa shape index (κ2) is 7.63. The van der Waals surface area contributed by atoms with Crippen LogP contribution < -0.4 is 5.32 Å². The Morgan fingerprint density at radius 3 is 2.95 bits per heavy atom. The van der Waals surface area contributed by atoms with Gasteiger partial charge in [0.05, 0.1) is 6.61 Å². The maximum absolute atomic E-state index is 9.33. The lowest BCUT2D eigenvalue weighted by Crippen LogP contribution is -2.33. The van der Waals surface area contributed by atoms with Gasteiger partial charge in [-0.1, -0.05) is 37.6 Å². The first kappa shape index (κ1) is 14.5. The molecule has 0 spiro atoms. The molecule has 1 aromatic carbocycles. The van der Waals surface area contributed by atoms with Crippen LogP contribution in [0.5, 0.6) is 0 Å². The number of aliphatic hydroxyl groups is 1. The van der Waals surface area contributed by atoms with Gasteiger partial charge in [-0.25, -0.2) is 0 Å². The standard InChI is InChI=1S/C16H26N2O/c1-2-3-10-18(11-12-19)16-8-9-17-13-14-6-4-5-7-15(14)16/h4-7,16-17,19H,2-3,8-13H2,1H3. The first-order valence-electron chi connectivity index (χ1n) is 7.50. The average molecular weight is 262 g/mol. The van der Waals surface area contributed by atoms with E-state index in [1.807, 2.05) is 0 Å². The third kappa shape index (κ3) is 3.78. The number of hydrogen-bond donors (Lipinski definition) is 2. The molecule has 2 N–H and O–H groups in total. The lowest BCUT2D eigenvalue weighted by atomic mass is 9.97. The van der Waals surface area contributed by atoms with Crippen molar-refractivity contribution in [3.8, 4) is 0 Å². The number of nitrogens with one attached hydrogen (secondary N) is 1. The second-order valence-corrected chi connectivity index (χ2v) is 5.29. The molecule has 0 bridgehead atoms. The maximum atomic E-state index is 9.33. The summed E-state index contributed by atoms with van der Waals surface area (Å²) >= 11 is 0. The molecular weight excluding hydrogens is 236 g/mol. The van der Waals surface area contributed by atoms with Crippen molar-refractivity contribution in [2.75, 3.05) is 26.2 Å². The van der Waals surface area contributed by atoms with Gasteiger partial charge >= 0.3 is 0 Å². The number of aliphatic hydroxyl groups excluding tert-OH is 1. The highest BCUT2D eigenvalue weighted by atomic mass is 16.3.